The van der Waals surface area contributed by atoms with Crippen molar-refractivity contribution in [3.05, 3.63) is 64.7 Å². The highest BCUT2D eigenvalue weighted by Gasteiger charge is 2.29. The largest absolute Gasteiger partial charge is 0.416 e. The lowest BCUT2D eigenvalue weighted by Gasteiger charge is -2.17. The molecule has 2 aromatic carbocycles. The van der Waals surface area contributed by atoms with Gasteiger partial charge in [-0.1, -0.05) is 35.9 Å². The van der Waals surface area contributed by atoms with E-state index in [-0.39, 0.29) is 12.5 Å². The highest BCUT2D eigenvalue weighted by molar-refractivity contribution is 6.33. The van der Waals surface area contributed by atoms with E-state index in [1.165, 1.54) is 12.1 Å². The quantitative estimate of drug-likeness (QED) is 0.859. The zero-order chi connectivity index (χ0) is 17.7. The molecule has 0 heterocycles. The topological polar surface area (TPSA) is 32.3 Å². The van der Waals surface area contributed by atoms with Crippen LogP contribution >= 0.6 is 11.6 Å². The van der Waals surface area contributed by atoms with Gasteiger partial charge in [0, 0.05) is 6.54 Å². The number of rotatable bonds is 5. The van der Waals surface area contributed by atoms with Crippen LogP contribution in [-0.4, -0.2) is 24.4 Å². The molecule has 0 aliphatic carbocycles. The number of benzene rings is 2. The Bertz CT molecular complexity index is 702. The van der Waals surface area contributed by atoms with Crippen molar-refractivity contribution in [2.24, 2.45) is 0 Å². The number of alkyl halides is 3. The van der Waals surface area contributed by atoms with Crippen molar-refractivity contribution in [3.8, 4) is 0 Å². The molecule has 0 fully saturated rings. The number of carbonyl (C=O) groups excluding carboxylic acids is 1. The van der Waals surface area contributed by atoms with Gasteiger partial charge in [0.2, 0.25) is 5.91 Å². The average Bonchev–Trinajstić information content (AvgIpc) is 2.49. The summed E-state index contributed by atoms with van der Waals surface area (Å²) in [5.74, 6) is -0.252. The molecule has 0 aliphatic rings. The summed E-state index contributed by atoms with van der Waals surface area (Å²) in [5, 5.41) is 3.14. The monoisotopic (exact) mass is 356 g/mol. The van der Waals surface area contributed by atoms with Gasteiger partial charge in [-0.25, -0.2) is 0 Å². The van der Waals surface area contributed by atoms with E-state index in [1.807, 2.05) is 0 Å². The van der Waals surface area contributed by atoms with Gasteiger partial charge >= 0.3 is 6.18 Å². The first-order valence-electron chi connectivity index (χ1n) is 7.15. The number of hydrogen-bond acceptors (Lipinski definition) is 2. The fourth-order valence-electron chi connectivity index (χ4n) is 2.16. The molecule has 24 heavy (non-hydrogen) atoms. The lowest BCUT2D eigenvalue weighted by molar-refractivity contribution is -0.137. The molecule has 0 saturated heterocycles. The number of para-hydroxylation sites is 1. The Kier molecular flexibility index (Phi) is 5.85. The lowest BCUT2D eigenvalue weighted by Crippen LogP contribution is -2.29. The Balaban J connectivity index is 1.90. The van der Waals surface area contributed by atoms with Gasteiger partial charge < -0.3 is 5.32 Å². The number of nitrogens with one attached hydrogen (secondary N) is 1. The van der Waals surface area contributed by atoms with Gasteiger partial charge in [0.1, 0.15) is 0 Å². The van der Waals surface area contributed by atoms with Crippen LogP contribution < -0.4 is 5.32 Å². The van der Waals surface area contributed by atoms with Crippen LogP contribution in [0, 0.1) is 0 Å². The van der Waals surface area contributed by atoms with Crippen LogP contribution in [0.2, 0.25) is 5.02 Å². The van der Waals surface area contributed by atoms with E-state index in [9.17, 15) is 18.0 Å². The van der Waals surface area contributed by atoms with Crippen LogP contribution in [0.4, 0.5) is 18.9 Å². The van der Waals surface area contributed by atoms with Crippen molar-refractivity contribution in [1.82, 2.24) is 4.90 Å². The van der Waals surface area contributed by atoms with Crippen molar-refractivity contribution in [1.29, 1.82) is 0 Å². The number of amides is 1. The summed E-state index contributed by atoms with van der Waals surface area (Å²) in [6.07, 6.45) is -4.35. The van der Waals surface area contributed by atoms with E-state index in [0.717, 1.165) is 12.1 Å². The Labute approximate surface area is 143 Å². The molecule has 0 saturated carbocycles. The fourth-order valence-corrected chi connectivity index (χ4v) is 2.35. The second-order valence-corrected chi connectivity index (χ2v) is 5.80. The molecule has 2 rings (SSSR count). The standard InChI is InChI=1S/C17H16ClF3N2O/c1-23(10-12-6-8-13(9-7-12)17(19,20)21)11-16(24)22-15-5-3-2-4-14(15)18/h2-9H,10-11H2,1H3,(H,22,24). The maximum Gasteiger partial charge on any atom is 0.416 e. The van der Waals surface area contributed by atoms with Crippen molar-refractivity contribution < 1.29 is 18.0 Å². The number of carbonyl (C=O) groups is 1. The zero-order valence-corrected chi connectivity index (χ0v) is 13.7. The molecule has 1 amide bonds. The van der Waals surface area contributed by atoms with Gasteiger partial charge in [-0.05, 0) is 36.9 Å². The molecular formula is C17H16ClF3N2O. The SMILES string of the molecule is CN(CC(=O)Nc1ccccc1Cl)Cc1ccc(C(F)(F)F)cc1. The minimum atomic E-state index is -4.35. The molecule has 0 spiro atoms. The van der Waals surface area contributed by atoms with Crippen LogP contribution in [0.1, 0.15) is 11.1 Å². The number of likely N-dealkylation sites (N-methyl/N-ethyl adjacent to an activating group) is 1. The summed E-state index contributed by atoms with van der Waals surface area (Å²) in [6.45, 7) is 0.445. The highest BCUT2D eigenvalue weighted by Crippen LogP contribution is 2.29. The number of hydrogen-bond donors (Lipinski definition) is 1. The molecule has 0 radical (unpaired) electrons. The predicted molar refractivity (Wildman–Crippen MR) is 87.9 cm³/mol. The van der Waals surface area contributed by atoms with Crippen LogP contribution in [0.5, 0.6) is 0 Å². The van der Waals surface area contributed by atoms with E-state index in [4.69, 9.17) is 11.6 Å². The van der Waals surface area contributed by atoms with Crippen LogP contribution in [0.3, 0.4) is 0 Å². The molecular weight excluding hydrogens is 341 g/mol. The van der Waals surface area contributed by atoms with Crippen molar-refractivity contribution in [2.45, 2.75) is 12.7 Å². The second kappa shape index (κ2) is 7.68. The summed E-state index contributed by atoms with van der Waals surface area (Å²) in [7, 11) is 1.71. The van der Waals surface area contributed by atoms with E-state index in [2.05, 4.69) is 5.32 Å². The molecule has 0 aromatic heterocycles. The maximum atomic E-state index is 12.5. The summed E-state index contributed by atoms with van der Waals surface area (Å²) < 4.78 is 37.6. The van der Waals surface area contributed by atoms with Crippen molar-refractivity contribution in [2.75, 3.05) is 18.9 Å². The van der Waals surface area contributed by atoms with E-state index < -0.39 is 11.7 Å². The van der Waals surface area contributed by atoms with Crippen LogP contribution in [-0.2, 0) is 17.5 Å². The van der Waals surface area contributed by atoms with E-state index in [1.54, 1.807) is 36.2 Å². The van der Waals surface area contributed by atoms with Gasteiger partial charge in [0.15, 0.2) is 0 Å². The zero-order valence-electron chi connectivity index (χ0n) is 12.9. The summed E-state index contributed by atoms with van der Waals surface area (Å²) in [5.41, 5.74) is 0.522. The molecule has 0 atom stereocenters. The Morgan fingerprint density at radius 3 is 2.33 bits per heavy atom. The van der Waals surface area contributed by atoms with Crippen molar-refractivity contribution in [3.63, 3.8) is 0 Å². The molecule has 0 unspecified atom stereocenters. The molecule has 7 heteroatoms. The highest BCUT2D eigenvalue weighted by atomic mass is 35.5. The summed E-state index contributed by atoms with van der Waals surface area (Å²) in [4.78, 5) is 13.7. The normalized spacial score (nSPS) is 11.6. The number of nitrogens with zero attached hydrogens (tertiary/aromatic N) is 1. The summed E-state index contributed by atoms with van der Waals surface area (Å²) in [6, 6.07) is 11.8. The molecule has 0 bridgehead atoms. The third kappa shape index (κ3) is 5.25. The molecule has 1 N–H and O–H groups in total. The van der Waals surface area contributed by atoms with Crippen LogP contribution in [0.15, 0.2) is 48.5 Å². The fraction of sp³-hybridized carbons (Fsp3) is 0.235. The van der Waals surface area contributed by atoms with E-state index in [0.29, 0.717) is 22.8 Å². The Morgan fingerprint density at radius 2 is 1.75 bits per heavy atom. The molecule has 0 aliphatic heterocycles. The van der Waals surface area contributed by atoms with E-state index >= 15 is 0 Å². The third-order valence-electron chi connectivity index (χ3n) is 3.30. The Morgan fingerprint density at radius 1 is 1.12 bits per heavy atom. The van der Waals surface area contributed by atoms with Gasteiger partial charge in [0.25, 0.3) is 0 Å². The number of halogens is 4. The van der Waals surface area contributed by atoms with Gasteiger partial charge in [-0.3, -0.25) is 9.69 Å². The first kappa shape index (κ1) is 18.3. The average molecular weight is 357 g/mol. The Hall–Kier alpha value is -2.05. The number of anilines is 1. The predicted octanol–water partition coefficient (Wildman–Crippen LogP) is 4.43. The van der Waals surface area contributed by atoms with Gasteiger partial charge in [0.05, 0.1) is 22.8 Å². The maximum absolute atomic E-state index is 12.5. The molecule has 128 valence electrons. The summed E-state index contributed by atoms with van der Waals surface area (Å²) >= 11 is 5.97. The second-order valence-electron chi connectivity index (χ2n) is 5.39. The molecule has 3 nitrogen and oxygen atoms in total. The molecule has 2 aromatic rings. The third-order valence-corrected chi connectivity index (χ3v) is 3.62. The smallest absolute Gasteiger partial charge is 0.324 e. The van der Waals surface area contributed by atoms with Gasteiger partial charge in [-0.2, -0.15) is 13.2 Å². The van der Waals surface area contributed by atoms with Crippen molar-refractivity contribution >= 4 is 23.2 Å². The van der Waals surface area contributed by atoms with Crippen LogP contribution in [0.25, 0.3) is 0 Å². The minimum absolute atomic E-state index is 0.0895. The first-order valence-corrected chi connectivity index (χ1v) is 7.52. The lowest BCUT2D eigenvalue weighted by atomic mass is 10.1. The first-order chi connectivity index (χ1) is 11.3. The van der Waals surface area contributed by atoms with Gasteiger partial charge in [-0.15, -0.1) is 0 Å². The minimum Gasteiger partial charge on any atom is -0.324 e.